The number of hydrogen-bond donors (Lipinski definition) is 1. The Morgan fingerprint density at radius 3 is 1.48 bits per heavy atom. The van der Waals surface area contributed by atoms with Crippen LogP contribution in [0.4, 0.5) is 0 Å². The summed E-state index contributed by atoms with van der Waals surface area (Å²) in [5, 5.41) is 8.75. The van der Waals surface area contributed by atoms with Crippen molar-refractivity contribution in [3.63, 3.8) is 0 Å². The van der Waals surface area contributed by atoms with Gasteiger partial charge < -0.3 is 9.84 Å². The standard InChI is InChI=1S/C38H66O4/c1-3-5-7-9-10-11-12-13-14-15-16-17-18-19-20-21-22-27-31-35-38(41)42-36(32-28-24-8-6-4-2)33-29-25-23-26-30-34-37(39)40/h10-11,13-14,16-17,19-20,36H,3-9,12,15,18,21-35H2,1-2H3,(H,39,40)/b11-10-,14-13-,17-16-,20-19-. The molecule has 4 nitrogen and oxygen atoms in total. The second-order valence-electron chi connectivity index (χ2n) is 11.7. The van der Waals surface area contributed by atoms with Crippen LogP contribution in [0.5, 0.6) is 0 Å². The van der Waals surface area contributed by atoms with E-state index >= 15 is 0 Å². The van der Waals surface area contributed by atoms with Crippen molar-refractivity contribution >= 4 is 11.9 Å². The first-order chi connectivity index (χ1) is 20.6. The van der Waals surface area contributed by atoms with Crippen LogP contribution in [-0.4, -0.2) is 23.1 Å². The van der Waals surface area contributed by atoms with Crippen LogP contribution in [0, 0.1) is 0 Å². The summed E-state index contributed by atoms with van der Waals surface area (Å²) in [5.41, 5.74) is 0. The number of hydrogen-bond acceptors (Lipinski definition) is 3. The summed E-state index contributed by atoms with van der Waals surface area (Å²) in [5.74, 6) is -0.742. The van der Waals surface area contributed by atoms with E-state index in [-0.39, 0.29) is 18.5 Å². The predicted octanol–water partition coefficient (Wildman–Crippen LogP) is 12.0. The van der Waals surface area contributed by atoms with Crippen molar-refractivity contribution in [2.75, 3.05) is 0 Å². The van der Waals surface area contributed by atoms with Crippen molar-refractivity contribution in [3.05, 3.63) is 48.6 Å². The first kappa shape index (κ1) is 39.9. The molecule has 0 rings (SSSR count). The van der Waals surface area contributed by atoms with E-state index in [1.165, 1.54) is 51.4 Å². The lowest BCUT2D eigenvalue weighted by atomic mass is 10.0. The second kappa shape index (κ2) is 33.4. The van der Waals surface area contributed by atoms with Crippen molar-refractivity contribution in [1.29, 1.82) is 0 Å². The second-order valence-corrected chi connectivity index (χ2v) is 11.7. The van der Waals surface area contributed by atoms with Crippen LogP contribution in [0.25, 0.3) is 0 Å². The van der Waals surface area contributed by atoms with Gasteiger partial charge in [-0.15, -0.1) is 0 Å². The fourth-order valence-electron chi connectivity index (χ4n) is 4.93. The zero-order valence-electron chi connectivity index (χ0n) is 27.5. The Hall–Kier alpha value is -2.10. The van der Waals surface area contributed by atoms with Gasteiger partial charge in [-0.2, -0.15) is 0 Å². The highest BCUT2D eigenvalue weighted by atomic mass is 16.5. The first-order valence-corrected chi connectivity index (χ1v) is 17.6. The highest BCUT2D eigenvalue weighted by molar-refractivity contribution is 5.69. The van der Waals surface area contributed by atoms with Crippen LogP contribution >= 0.6 is 0 Å². The van der Waals surface area contributed by atoms with Crippen molar-refractivity contribution < 1.29 is 19.4 Å². The molecular weight excluding hydrogens is 520 g/mol. The maximum absolute atomic E-state index is 12.5. The van der Waals surface area contributed by atoms with E-state index in [4.69, 9.17) is 9.84 Å². The molecule has 0 aliphatic rings. The molecule has 0 aromatic rings. The molecule has 0 aromatic carbocycles. The van der Waals surface area contributed by atoms with Crippen LogP contribution < -0.4 is 0 Å². The van der Waals surface area contributed by atoms with Crippen LogP contribution in [0.15, 0.2) is 48.6 Å². The van der Waals surface area contributed by atoms with Crippen LogP contribution in [0.1, 0.15) is 174 Å². The number of ether oxygens (including phenoxy) is 1. The van der Waals surface area contributed by atoms with Crippen molar-refractivity contribution in [2.24, 2.45) is 0 Å². The first-order valence-electron chi connectivity index (χ1n) is 17.6. The summed E-state index contributed by atoms with van der Waals surface area (Å²) in [6.45, 7) is 4.47. The quantitative estimate of drug-likeness (QED) is 0.0498. The molecule has 0 bridgehead atoms. The number of carbonyl (C=O) groups excluding carboxylic acids is 1. The lowest BCUT2D eigenvalue weighted by Crippen LogP contribution is -2.18. The summed E-state index contributed by atoms with van der Waals surface area (Å²) in [7, 11) is 0. The molecule has 0 amide bonds. The largest absolute Gasteiger partial charge is 0.481 e. The summed E-state index contributed by atoms with van der Waals surface area (Å²) in [4.78, 5) is 23.1. The molecule has 0 saturated heterocycles. The van der Waals surface area contributed by atoms with Crippen molar-refractivity contribution in [2.45, 2.75) is 180 Å². The molecule has 0 fully saturated rings. The lowest BCUT2D eigenvalue weighted by Gasteiger charge is -2.18. The molecule has 0 aliphatic heterocycles. The Morgan fingerprint density at radius 2 is 0.929 bits per heavy atom. The highest BCUT2D eigenvalue weighted by Gasteiger charge is 2.14. The Labute approximate surface area is 260 Å². The summed E-state index contributed by atoms with van der Waals surface area (Å²) >= 11 is 0. The number of unbranched alkanes of at least 4 members (excludes halogenated alkanes) is 14. The van der Waals surface area contributed by atoms with Gasteiger partial charge in [0.2, 0.25) is 0 Å². The van der Waals surface area contributed by atoms with E-state index in [9.17, 15) is 9.59 Å². The van der Waals surface area contributed by atoms with E-state index < -0.39 is 5.97 Å². The van der Waals surface area contributed by atoms with E-state index in [0.717, 1.165) is 96.3 Å². The Kier molecular flexibility index (Phi) is 31.7. The summed E-state index contributed by atoms with van der Waals surface area (Å²) in [6.07, 6.45) is 44.1. The van der Waals surface area contributed by atoms with Crippen LogP contribution in [-0.2, 0) is 14.3 Å². The third-order valence-corrected chi connectivity index (χ3v) is 7.55. The fourth-order valence-corrected chi connectivity index (χ4v) is 4.93. The summed E-state index contributed by atoms with van der Waals surface area (Å²) < 4.78 is 5.91. The van der Waals surface area contributed by atoms with E-state index in [1.807, 2.05) is 0 Å². The van der Waals surface area contributed by atoms with Gasteiger partial charge >= 0.3 is 11.9 Å². The molecule has 4 heteroatoms. The number of esters is 1. The van der Waals surface area contributed by atoms with Crippen molar-refractivity contribution in [3.8, 4) is 0 Å². The van der Waals surface area contributed by atoms with Gasteiger partial charge in [-0.1, -0.05) is 127 Å². The number of carboxylic acid groups (broad SMARTS) is 1. The van der Waals surface area contributed by atoms with Crippen LogP contribution in [0.2, 0.25) is 0 Å². The summed E-state index contributed by atoms with van der Waals surface area (Å²) in [6, 6.07) is 0. The maximum Gasteiger partial charge on any atom is 0.306 e. The molecule has 0 radical (unpaired) electrons. The Balaban J connectivity index is 3.94. The maximum atomic E-state index is 12.5. The smallest absolute Gasteiger partial charge is 0.306 e. The number of rotatable bonds is 31. The molecule has 0 heterocycles. The van der Waals surface area contributed by atoms with Crippen molar-refractivity contribution in [1.82, 2.24) is 0 Å². The SMILES string of the molecule is CCCCC/C=C\C/C=C\C/C=C\C/C=C\CCCCCC(=O)OC(CCCCCCC)CCCCCCCC(=O)O. The zero-order chi connectivity index (χ0) is 30.8. The monoisotopic (exact) mass is 586 g/mol. The molecule has 1 N–H and O–H groups in total. The van der Waals surface area contributed by atoms with E-state index in [0.29, 0.717) is 6.42 Å². The average molecular weight is 587 g/mol. The van der Waals surface area contributed by atoms with E-state index in [1.54, 1.807) is 0 Å². The van der Waals surface area contributed by atoms with Gasteiger partial charge in [0.05, 0.1) is 0 Å². The molecule has 0 aliphatic carbocycles. The average Bonchev–Trinajstić information content (AvgIpc) is 2.97. The Morgan fingerprint density at radius 1 is 0.524 bits per heavy atom. The number of carbonyl (C=O) groups is 2. The topological polar surface area (TPSA) is 63.6 Å². The van der Waals surface area contributed by atoms with Gasteiger partial charge in [0.15, 0.2) is 0 Å². The minimum Gasteiger partial charge on any atom is -0.481 e. The number of allylic oxidation sites excluding steroid dienone is 8. The number of carboxylic acids is 1. The highest BCUT2D eigenvalue weighted by Crippen LogP contribution is 2.18. The minimum absolute atomic E-state index is 0.0345. The zero-order valence-corrected chi connectivity index (χ0v) is 27.5. The molecule has 1 unspecified atom stereocenters. The number of aliphatic carboxylic acids is 1. The molecule has 1 atom stereocenters. The lowest BCUT2D eigenvalue weighted by molar-refractivity contribution is -0.150. The molecule has 0 spiro atoms. The van der Waals surface area contributed by atoms with Gasteiger partial charge in [-0.25, -0.2) is 0 Å². The molecule has 42 heavy (non-hydrogen) atoms. The normalized spacial score (nSPS) is 12.8. The van der Waals surface area contributed by atoms with Gasteiger partial charge in [-0.05, 0) is 83.5 Å². The fraction of sp³-hybridized carbons (Fsp3) is 0.737. The van der Waals surface area contributed by atoms with Gasteiger partial charge in [0.25, 0.3) is 0 Å². The van der Waals surface area contributed by atoms with E-state index in [2.05, 4.69) is 62.5 Å². The third kappa shape index (κ3) is 32.4. The molecule has 0 aromatic heterocycles. The predicted molar refractivity (Wildman–Crippen MR) is 181 cm³/mol. The minimum atomic E-state index is -0.708. The van der Waals surface area contributed by atoms with Crippen LogP contribution in [0.3, 0.4) is 0 Å². The van der Waals surface area contributed by atoms with Gasteiger partial charge in [0.1, 0.15) is 6.10 Å². The molecular formula is C38H66O4. The van der Waals surface area contributed by atoms with Gasteiger partial charge in [-0.3, -0.25) is 9.59 Å². The Bertz CT molecular complexity index is 719. The third-order valence-electron chi connectivity index (χ3n) is 7.55. The molecule has 0 saturated carbocycles. The molecule has 242 valence electrons. The van der Waals surface area contributed by atoms with Gasteiger partial charge in [0, 0.05) is 12.8 Å².